The van der Waals surface area contributed by atoms with E-state index in [1.165, 1.54) is 0 Å². The summed E-state index contributed by atoms with van der Waals surface area (Å²) in [6, 6.07) is 19.6. The van der Waals surface area contributed by atoms with Gasteiger partial charge in [0.2, 0.25) is 5.16 Å². The van der Waals surface area contributed by atoms with Gasteiger partial charge in [0, 0.05) is 11.3 Å². The first-order chi connectivity index (χ1) is 10.3. The Labute approximate surface area is 126 Å². The molecule has 0 spiro atoms. The van der Waals surface area contributed by atoms with E-state index in [9.17, 15) is 0 Å². The number of thioether (sulfide) groups is 1. The van der Waals surface area contributed by atoms with E-state index in [0.717, 1.165) is 27.9 Å². The average molecular weight is 292 g/mol. The van der Waals surface area contributed by atoms with E-state index in [2.05, 4.69) is 21.3 Å². The Hall–Kier alpha value is -2.58. The highest BCUT2D eigenvalue weighted by atomic mass is 32.2. The van der Waals surface area contributed by atoms with Crippen LogP contribution in [0, 0.1) is 11.3 Å². The third kappa shape index (κ3) is 3.30. The summed E-state index contributed by atoms with van der Waals surface area (Å²) in [4.78, 5) is 4.47. The van der Waals surface area contributed by atoms with E-state index in [1.807, 2.05) is 54.6 Å². The lowest BCUT2D eigenvalue weighted by atomic mass is 10.2. The lowest BCUT2D eigenvalue weighted by Gasteiger charge is -1.98. The molecule has 1 aromatic heterocycles. The molecule has 3 aromatic rings. The molecule has 0 saturated carbocycles. The number of nitrogens with zero attached hydrogens (tertiary/aromatic N) is 3. The molecule has 2 aromatic carbocycles. The summed E-state index contributed by atoms with van der Waals surface area (Å²) < 4.78 is 0. The molecule has 0 unspecified atom stereocenters. The normalized spacial score (nSPS) is 10.2. The molecular weight excluding hydrogens is 280 g/mol. The third-order valence-corrected chi connectivity index (χ3v) is 3.88. The summed E-state index contributed by atoms with van der Waals surface area (Å²) in [5, 5.41) is 16.7. The minimum atomic E-state index is 0.674. The molecule has 0 aliphatic heterocycles. The van der Waals surface area contributed by atoms with E-state index in [0.29, 0.717) is 5.56 Å². The highest BCUT2D eigenvalue weighted by Gasteiger charge is 2.06. The average Bonchev–Trinajstić information content (AvgIpc) is 3.03. The van der Waals surface area contributed by atoms with Gasteiger partial charge >= 0.3 is 0 Å². The van der Waals surface area contributed by atoms with Crippen LogP contribution in [0.4, 0.5) is 0 Å². The molecule has 5 heteroatoms. The van der Waals surface area contributed by atoms with E-state index in [1.54, 1.807) is 11.8 Å². The monoisotopic (exact) mass is 292 g/mol. The van der Waals surface area contributed by atoms with Crippen molar-refractivity contribution in [3.63, 3.8) is 0 Å². The maximum Gasteiger partial charge on any atom is 0.209 e. The van der Waals surface area contributed by atoms with Crippen LogP contribution in [0.5, 0.6) is 0 Å². The van der Waals surface area contributed by atoms with Gasteiger partial charge in [0.05, 0.1) is 11.6 Å². The summed E-state index contributed by atoms with van der Waals surface area (Å²) in [6.07, 6.45) is 0. The van der Waals surface area contributed by atoms with Crippen LogP contribution in [0.2, 0.25) is 0 Å². The maximum atomic E-state index is 8.77. The van der Waals surface area contributed by atoms with Crippen molar-refractivity contribution in [1.29, 1.82) is 5.26 Å². The van der Waals surface area contributed by atoms with Gasteiger partial charge in [-0.1, -0.05) is 54.2 Å². The summed E-state index contributed by atoms with van der Waals surface area (Å²) in [5.74, 6) is 1.55. The predicted octanol–water partition coefficient (Wildman–Crippen LogP) is 3.64. The Bertz CT molecular complexity index is 757. The van der Waals surface area contributed by atoms with Gasteiger partial charge in [-0.3, -0.25) is 5.10 Å². The number of aromatic amines is 1. The topological polar surface area (TPSA) is 65.4 Å². The number of hydrogen-bond acceptors (Lipinski definition) is 4. The Balaban J connectivity index is 1.66. The largest absolute Gasteiger partial charge is 0.258 e. The molecular formula is C16H12N4S. The molecule has 0 aliphatic carbocycles. The van der Waals surface area contributed by atoms with Crippen LogP contribution in [0.3, 0.4) is 0 Å². The molecule has 0 fully saturated rings. The predicted molar refractivity (Wildman–Crippen MR) is 82.5 cm³/mol. The first kappa shape index (κ1) is 13.4. The van der Waals surface area contributed by atoms with Gasteiger partial charge in [-0.15, -0.1) is 5.10 Å². The summed E-state index contributed by atoms with van der Waals surface area (Å²) >= 11 is 1.57. The van der Waals surface area contributed by atoms with Crippen LogP contribution < -0.4 is 0 Å². The van der Waals surface area contributed by atoms with Crippen LogP contribution in [0.25, 0.3) is 11.4 Å². The number of hydrogen-bond donors (Lipinski definition) is 1. The quantitative estimate of drug-likeness (QED) is 0.746. The molecule has 0 atom stereocenters. The van der Waals surface area contributed by atoms with Gasteiger partial charge in [-0.25, -0.2) is 4.98 Å². The van der Waals surface area contributed by atoms with Crippen molar-refractivity contribution >= 4 is 11.8 Å². The van der Waals surface area contributed by atoms with Crippen LogP contribution in [0.15, 0.2) is 59.8 Å². The van der Waals surface area contributed by atoms with Gasteiger partial charge in [-0.2, -0.15) is 5.26 Å². The van der Waals surface area contributed by atoms with Crippen molar-refractivity contribution in [3.8, 4) is 17.5 Å². The molecule has 0 radical (unpaired) electrons. The van der Waals surface area contributed by atoms with Crippen molar-refractivity contribution in [1.82, 2.24) is 15.2 Å². The number of rotatable bonds is 4. The van der Waals surface area contributed by atoms with Crippen molar-refractivity contribution in [2.45, 2.75) is 10.9 Å². The second-order valence-electron chi connectivity index (χ2n) is 4.43. The van der Waals surface area contributed by atoms with Crippen LogP contribution >= 0.6 is 11.8 Å². The van der Waals surface area contributed by atoms with Gasteiger partial charge in [0.15, 0.2) is 5.82 Å². The van der Waals surface area contributed by atoms with Crippen LogP contribution in [0.1, 0.15) is 11.1 Å². The zero-order valence-corrected chi connectivity index (χ0v) is 12.0. The fourth-order valence-electron chi connectivity index (χ4n) is 1.86. The Morgan fingerprint density at radius 1 is 1.05 bits per heavy atom. The summed E-state index contributed by atoms with van der Waals surface area (Å²) in [7, 11) is 0. The first-order valence-corrected chi connectivity index (χ1v) is 7.43. The van der Waals surface area contributed by atoms with Crippen LogP contribution in [-0.2, 0) is 5.75 Å². The molecule has 1 heterocycles. The van der Waals surface area contributed by atoms with Gasteiger partial charge < -0.3 is 0 Å². The number of H-pyrrole nitrogens is 1. The molecule has 3 rings (SSSR count). The molecule has 1 N–H and O–H groups in total. The number of benzene rings is 2. The second-order valence-corrected chi connectivity index (χ2v) is 5.37. The Kier molecular flexibility index (Phi) is 3.99. The van der Waals surface area contributed by atoms with Gasteiger partial charge in [-0.05, 0) is 17.7 Å². The molecule has 0 aliphatic rings. The molecule has 0 amide bonds. The summed E-state index contributed by atoms with van der Waals surface area (Å²) in [6.45, 7) is 0. The van der Waals surface area contributed by atoms with Gasteiger partial charge in [0.25, 0.3) is 0 Å². The molecule has 21 heavy (non-hydrogen) atoms. The third-order valence-electron chi connectivity index (χ3n) is 2.96. The lowest BCUT2D eigenvalue weighted by molar-refractivity contribution is 0.973. The highest BCUT2D eigenvalue weighted by Crippen LogP contribution is 2.22. The fraction of sp³-hybridized carbons (Fsp3) is 0.0625. The van der Waals surface area contributed by atoms with E-state index >= 15 is 0 Å². The zero-order valence-electron chi connectivity index (χ0n) is 11.2. The van der Waals surface area contributed by atoms with Crippen LogP contribution in [-0.4, -0.2) is 15.2 Å². The SMILES string of the molecule is N#Cc1ccc(CSc2n[nH]c(-c3ccccc3)n2)cc1. The second kappa shape index (κ2) is 6.25. The van der Waals surface area contributed by atoms with Crippen molar-refractivity contribution in [2.24, 2.45) is 0 Å². The smallest absolute Gasteiger partial charge is 0.209 e. The number of nitriles is 1. The minimum absolute atomic E-state index is 0.674. The standard InChI is InChI=1S/C16H12N4S/c17-10-12-6-8-13(9-7-12)11-21-16-18-15(19-20-16)14-4-2-1-3-5-14/h1-9H,11H2,(H,18,19,20). The van der Waals surface area contributed by atoms with Crippen molar-refractivity contribution in [2.75, 3.05) is 0 Å². The first-order valence-electron chi connectivity index (χ1n) is 6.45. The van der Waals surface area contributed by atoms with Gasteiger partial charge in [0.1, 0.15) is 0 Å². The van der Waals surface area contributed by atoms with E-state index in [4.69, 9.17) is 5.26 Å². The lowest BCUT2D eigenvalue weighted by Crippen LogP contribution is -1.83. The maximum absolute atomic E-state index is 8.77. The minimum Gasteiger partial charge on any atom is -0.258 e. The fourth-order valence-corrected chi connectivity index (χ4v) is 2.61. The number of aromatic nitrogens is 3. The number of nitrogens with one attached hydrogen (secondary N) is 1. The van der Waals surface area contributed by atoms with Crippen molar-refractivity contribution < 1.29 is 0 Å². The van der Waals surface area contributed by atoms with Crippen molar-refractivity contribution in [3.05, 3.63) is 65.7 Å². The molecule has 0 bridgehead atoms. The zero-order chi connectivity index (χ0) is 14.5. The highest BCUT2D eigenvalue weighted by molar-refractivity contribution is 7.98. The molecule has 102 valence electrons. The summed E-state index contributed by atoms with van der Waals surface area (Å²) in [5.41, 5.74) is 2.84. The van der Waals surface area contributed by atoms with E-state index < -0.39 is 0 Å². The molecule has 0 saturated heterocycles. The van der Waals surface area contributed by atoms with E-state index in [-0.39, 0.29) is 0 Å². The molecule has 4 nitrogen and oxygen atoms in total. The Morgan fingerprint density at radius 2 is 1.81 bits per heavy atom. The Morgan fingerprint density at radius 3 is 2.52 bits per heavy atom.